The zero-order valence-corrected chi connectivity index (χ0v) is 12.7. The van der Waals surface area contributed by atoms with Crippen LogP contribution in [0.3, 0.4) is 0 Å². The molecule has 0 spiro atoms. The van der Waals surface area contributed by atoms with E-state index in [4.69, 9.17) is 0 Å². The van der Waals surface area contributed by atoms with Crippen LogP contribution < -0.4 is 5.32 Å². The zero-order chi connectivity index (χ0) is 12.5. The Balaban J connectivity index is 1.87. The molecule has 18 heavy (non-hydrogen) atoms. The molecule has 5 heteroatoms. The van der Waals surface area contributed by atoms with Gasteiger partial charge in [-0.3, -0.25) is 0 Å². The maximum absolute atomic E-state index is 4.55. The first-order valence-corrected chi connectivity index (χ1v) is 7.36. The summed E-state index contributed by atoms with van der Waals surface area (Å²) in [6.07, 6.45) is 2.40. The fourth-order valence-electron chi connectivity index (χ4n) is 1.74. The number of anilines is 2. The fraction of sp³-hybridized carbons (Fsp3) is 0.231. The predicted molar refractivity (Wildman–Crippen MR) is 79.1 cm³/mol. The number of nitrogens with one attached hydrogen (secondary N) is 1. The summed E-state index contributed by atoms with van der Waals surface area (Å²) in [5.74, 6) is 2.31. The summed E-state index contributed by atoms with van der Waals surface area (Å²) in [4.78, 5) is 8.96. The summed E-state index contributed by atoms with van der Waals surface area (Å²) in [5, 5.41) is 3.30. The first-order valence-electron chi connectivity index (χ1n) is 5.78. The Morgan fingerprint density at radius 1 is 1.11 bits per heavy atom. The van der Waals surface area contributed by atoms with Crippen LogP contribution in [0.4, 0.5) is 11.5 Å². The molecule has 3 nitrogen and oxygen atoms in total. The number of halogens is 2. The van der Waals surface area contributed by atoms with E-state index in [-0.39, 0.29) is 0 Å². The standard InChI is InChI=1S/C13H11Br2N3/c14-9-2-1-3-10(6-9)16-12-7-11(15)17-13(18-12)8-4-5-8/h1-3,6-8H,4-5H2,(H,16,17,18). The Morgan fingerprint density at radius 2 is 1.94 bits per heavy atom. The largest absolute Gasteiger partial charge is 0.340 e. The van der Waals surface area contributed by atoms with Gasteiger partial charge in [0.1, 0.15) is 16.2 Å². The van der Waals surface area contributed by atoms with E-state index < -0.39 is 0 Å². The zero-order valence-electron chi connectivity index (χ0n) is 9.53. The van der Waals surface area contributed by atoms with Gasteiger partial charge in [0.05, 0.1) is 0 Å². The summed E-state index contributed by atoms with van der Waals surface area (Å²) in [6.45, 7) is 0. The van der Waals surface area contributed by atoms with E-state index in [1.807, 2.05) is 30.3 Å². The van der Waals surface area contributed by atoms with Gasteiger partial charge in [-0.15, -0.1) is 0 Å². The molecule has 2 aromatic rings. The van der Waals surface area contributed by atoms with E-state index in [1.165, 1.54) is 12.8 Å². The number of hydrogen-bond acceptors (Lipinski definition) is 3. The van der Waals surface area contributed by atoms with Crippen molar-refractivity contribution >= 4 is 43.4 Å². The molecular weight excluding hydrogens is 358 g/mol. The van der Waals surface area contributed by atoms with Crippen LogP contribution >= 0.6 is 31.9 Å². The first-order chi connectivity index (χ1) is 8.70. The van der Waals surface area contributed by atoms with Gasteiger partial charge in [-0.1, -0.05) is 22.0 Å². The van der Waals surface area contributed by atoms with Crippen molar-refractivity contribution in [2.45, 2.75) is 18.8 Å². The third kappa shape index (κ3) is 2.90. The van der Waals surface area contributed by atoms with Gasteiger partial charge in [0.25, 0.3) is 0 Å². The van der Waals surface area contributed by atoms with Crippen LogP contribution in [0.1, 0.15) is 24.6 Å². The molecule has 0 atom stereocenters. The molecule has 1 fully saturated rings. The van der Waals surface area contributed by atoms with Crippen molar-refractivity contribution in [3.05, 3.63) is 45.2 Å². The molecular formula is C13H11Br2N3. The summed E-state index contributed by atoms with van der Waals surface area (Å²) in [5.41, 5.74) is 1.01. The lowest BCUT2D eigenvalue weighted by molar-refractivity contribution is 0.919. The maximum Gasteiger partial charge on any atom is 0.135 e. The molecule has 1 aromatic heterocycles. The van der Waals surface area contributed by atoms with Crippen molar-refractivity contribution < 1.29 is 0 Å². The highest BCUT2D eigenvalue weighted by Crippen LogP contribution is 2.39. The van der Waals surface area contributed by atoms with Gasteiger partial charge >= 0.3 is 0 Å². The number of aromatic nitrogens is 2. The van der Waals surface area contributed by atoms with Gasteiger partial charge in [0, 0.05) is 22.1 Å². The van der Waals surface area contributed by atoms with Gasteiger partial charge in [-0.25, -0.2) is 9.97 Å². The molecule has 1 aliphatic rings. The molecule has 92 valence electrons. The van der Waals surface area contributed by atoms with Crippen LogP contribution in [0.2, 0.25) is 0 Å². The van der Waals surface area contributed by atoms with Crippen LogP contribution in [0.15, 0.2) is 39.4 Å². The second kappa shape index (κ2) is 4.97. The van der Waals surface area contributed by atoms with E-state index in [0.29, 0.717) is 5.92 Å². The minimum absolute atomic E-state index is 0.547. The van der Waals surface area contributed by atoms with Crippen molar-refractivity contribution in [1.82, 2.24) is 9.97 Å². The van der Waals surface area contributed by atoms with Crippen LogP contribution in [0, 0.1) is 0 Å². The fourth-order valence-corrected chi connectivity index (χ4v) is 2.54. The topological polar surface area (TPSA) is 37.8 Å². The Hall–Kier alpha value is -0.940. The van der Waals surface area contributed by atoms with Gasteiger partial charge in [0.2, 0.25) is 0 Å². The van der Waals surface area contributed by atoms with E-state index in [9.17, 15) is 0 Å². The molecule has 1 aromatic carbocycles. The molecule has 1 N–H and O–H groups in total. The Bertz CT molecular complexity index is 582. The Kier molecular flexibility index (Phi) is 3.35. The second-order valence-electron chi connectivity index (χ2n) is 4.34. The van der Waals surface area contributed by atoms with E-state index >= 15 is 0 Å². The first kappa shape index (κ1) is 12.1. The second-order valence-corrected chi connectivity index (χ2v) is 6.07. The average Bonchev–Trinajstić information content (AvgIpc) is 3.11. The third-order valence-electron chi connectivity index (χ3n) is 2.75. The highest BCUT2D eigenvalue weighted by atomic mass is 79.9. The highest BCUT2D eigenvalue weighted by molar-refractivity contribution is 9.10. The Morgan fingerprint density at radius 3 is 2.67 bits per heavy atom. The number of rotatable bonds is 3. The molecule has 1 heterocycles. The molecule has 0 amide bonds. The van der Waals surface area contributed by atoms with Gasteiger partial charge in [-0.2, -0.15) is 0 Å². The molecule has 0 aliphatic heterocycles. The molecule has 1 saturated carbocycles. The maximum atomic E-state index is 4.55. The summed E-state index contributed by atoms with van der Waals surface area (Å²) in [7, 11) is 0. The summed E-state index contributed by atoms with van der Waals surface area (Å²) < 4.78 is 1.87. The van der Waals surface area contributed by atoms with Crippen LogP contribution in [-0.4, -0.2) is 9.97 Å². The van der Waals surface area contributed by atoms with Crippen molar-refractivity contribution in [3.8, 4) is 0 Å². The SMILES string of the molecule is Brc1cccc(Nc2cc(Br)nc(C3CC3)n2)c1. The quantitative estimate of drug-likeness (QED) is 0.803. The minimum Gasteiger partial charge on any atom is -0.340 e. The highest BCUT2D eigenvalue weighted by Gasteiger charge is 2.27. The van der Waals surface area contributed by atoms with Crippen molar-refractivity contribution in [2.24, 2.45) is 0 Å². The molecule has 1 aliphatic carbocycles. The average molecular weight is 369 g/mol. The van der Waals surface area contributed by atoms with Crippen LogP contribution in [-0.2, 0) is 0 Å². The number of hydrogen-bond donors (Lipinski definition) is 1. The lowest BCUT2D eigenvalue weighted by Crippen LogP contribution is -1.99. The van der Waals surface area contributed by atoms with E-state index in [2.05, 4.69) is 47.1 Å². The molecule has 0 saturated heterocycles. The smallest absolute Gasteiger partial charge is 0.135 e. The lowest BCUT2D eigenvalue weighted by atomic mass is 10.3. The third-order valence-corrected chi connectivity index (χ3v) is 3.65. The van der Waals surface area contributed by atoms with Gasteiger partial charge in [-0.05, 0) is 47.0 Å². The molecule has 0 unspecified atom stereocenters. The monoisotopic (exact) mass is 367 g/mol. The summed E-state index contributed by atoms with van der Waals surface area (Å²) >= 11 is 6.89. The van der Waals surface area contributed by atoms with Gasteiger partial charge in [0.15, 0.2) is 0 Å². The van der Waals surface area contributed by atoms with E-state index in [0.717, 1.165) is 26.4 Å². The molecule has 0 radical (unpaired) electrons. The number of nitrogens with zero attached hydrogens (tertiary/aromatic N) is 2. The van der Waals surface area contributed by atoms with Crippen molar-refractivity contribution in [2.75, 3.05) is 5.32 Å². The van der Waals surface area contributed by atoms with Crippen molar-refractivity contribution in [3.63, 3.8) is 0 Å². The predicted octanol–water partition coefficient (Wildman–Crippen LogP) is 4.62. The van der Waals surface area contributed by atoms with Gasteiger partial charge < -0.3 is 5.32 Å². The van der Waals surface area contributed by atoms with Crippen LogP contribution in [0.5, 0.6) is 0 Å². The Labute approximate surface area is 122 Å². The normalized spacial score (nSPS) is 14.6. The molecule has 0 bridgehead atoms. The minimum atomic E-state index is 0.547. The van der Waals surface area contributed by atoms with Crippen LogP contribution in [0.25, 0.3) is 0 Å². The lowest BCUT2D eigenvalue weighted by Gasteiger charge is -2.08. The molecule has 3 rings (SSSR count). The summed E-state index contributed by atoms with van der Waals surface area (Å²) in [6, 6.07) is 9.91. The van der Waals surface area contributed by atoms with E-state index in [1.54, 1.807) is 0 Å². The number of benzene rings is 1. The van der Waals surface area contributed by atoms with Crippen molar-refractivity contribution in [1.29, 1.82) is 0 Å².